The molecule has 3 amide bonds. The number of anilines is 1. The van der Waals surface area contributed by atoms with Crippen LogP contribution in [0.3, 0.4) is 0 Å². The van der Waals surface area contributed by atoms with Gasteiger partial charge in [-0.2, -0.15) is 0 Å². The Morgan fingerprint density at radius 1 is 1.16 bits per heavy atom. The van der Waals surface area contributed by atoms with E-state index in [0.29, 0.717) is 18.0 Å². The summed E-state index contributed by atoms with van der Waals surface area (Å²) in [6.45, 7) is 0.0269. The van der Waals surface area contributed by atoms with Gasteiger partial charge in [0.05, 0.1) is 44.5 Å². The predicted molar refractivity (Wildman–Crippen MR) is 115 cm³/mol. The van der Waals surface area contributed by atoms with Gasteiger partial charge in [0.1, 0.15) is 11.9 Å². The van der Waals surface area contributed by atoms with Crippen molar-refractivity contribution >= 4 is 17.6 Å². The highest BCUT2D eigenvalue weighted by atomic mass is 16.5. The van der Waals surface area contributed by atoms with Crippen LogP contribution in [0.25, 0.3) is 0 Å². The maximum Gasteiger partial charge on any atom is 0.319 e. The lowest BCUT2D eigenvalue weighted by Gasteiger charge is -2.31. The second-order valence-corrected chi connectivity index (χ2v) is 6.94. The summed E-state index contributed by atoms with van der Waals surface area (Å²) < 4.78 is 10.9. The lowest BCUT2D eigenvalue weighted by molar-refractivity contribution is -0.125. The van der Waals surface area contributed by atoms with E-state index in [1.807, 2.05) is 18.2 Å². The van der Waals surface area contributed by atoms with Crippen LogP contribution >= 0.6 is 0 Å². The lowest BCUT2D eigenvalue weighted by Crippen LogP contribution is -2.50. The first kappa shape index (κ1) is 22.3. The second-order valence-electron chi connectivity index (χ2n) is 6.94. The molecule has 0 fully saturated rings. The summed E-state index contributed by atoms with van der Waals surface area (Å²) in [5.74, 6) is 0.491. The molecule has 0 aliphatic carbocycles. The van der Waals surface area contributed by atoms with Crippen LogP contribution in [0.1, 0.15) is 12.1 Å². The zero-order valence-corrected chi connectivity index (χ0v) is 17.2. The maximum absolute atomic E-state index is 12.3. The molecule has 3 rings (SSSR count). The van der Waals surface area contributed by atoms with E-state index in [1.54, 1.807) is 49.7 Å². The molecule has 2 heterocycles. The molecule has 2 aromatic rings. The first-order valence-electron chi connectivity index (χ1n) is 9.90. The first-order chi connectivity index (χ1) is 15.1. The molecule has 1 aromatic carbocycles. The number of benzene rings is 1. The molecule has 1 aromatic heterocycles. The van der Waals surface area contributed by atoms with E-state index in [0.717, 1.165) is 5.69 Å². The van der Waals surface area contributed by atoms with Gasteiger partial charge in [0, 0.05) is 11.9 Å². The third kappa shape index (κ3) is 6.80. The monoisotopic (exact) mass is 426 g/mol. The number of nitrogens with zero attached hydrogens (tertiary/aromatic N) is 1. The zero-order valence-electron chi connectivity index (χ0n) is 17.2. The number of aliphatic hydroxyl groups excluding tert-OH is 1. The average Bonchev–Trinajstić information content (AvgIpc) is 2.80. The van der Waals surface area contributed by atoms with Gasteiger partial charge in [0.2, 0.25) is 5.91 Å². The van der Waals surface area contributed by atoms with Gasteiger partial charge in [-0.05, 0) is 36.4 Å². The lowest BCUT2D eigenvalue weighted by atomic mass is 10.0. The fraction of sp³-hybridized carbons (Fsp3) is 0.318. The second kappa shape index (κ2) is 11.1. The molecule has 3 atom stereocenters. The van der Waals surface area contributed by atoms with Crippen molar-refractivity contribution in [2.24, 2.45) is 0 Å². The number of urea groups is 1. The van der Waals surface area contributed by atoms with Crippen molar-refractivity contribution < 1.29 is 24.2 Å². The number of rotatable bonds is 8. The van der Waals surface area contributed by atoms with E-state index in [-0.39, 0.29) is 18.9 Å². The number of amides is 3. The summed E-state index contributed by atoms with van der Waals surface area (Å²) in [5, 5.41) is 17.9. The molecule has 0 bridgehead atoms. The van der Waals surface area contributed by atoms with Crippen LogP contribution in [-0.4, -0.2) is 54.0 Å². The van der Waals surface area contributed by atoms with Crippen molar-refractivity contribution in [2.45, 2.75) is 31.2 Å². The first-order valence-corrected chi connectivity index (χ1v) is 9.90. The van der Waals surface area contributed by atoms with Crippen molar-refractivity contribution in [3.8, 4) is 5.75 Å². The summed E-state index contributed by atoms with van der Waals surface area (Å²) in [6.07, 6.45) is 4.05. The van der Waals surface area contributed by atoms with Crippen LogP contribution in [0.2, 0.25) is 0 Å². The van der Waals surface area contributed by atoms with Gasteiger partial charge in [0.15, 0.2) is 0 Å². The molecule has 0 saturated carbocycles. The molecule has 1 aliphatic heterocycles. The van der Waals surface area contributed by atoms with Gasteiger partial charge in [-0.25, -0.2) is 4.79 Å². The van der Waals surface area contributed by atoms with Crippen molar-refractivity contribution in [3.63, 3.8) is 0 Å². The van der Waals surface area contributed by atoms with E-state index in [2.05, 4.69) is 20.9 Å². The van der Waals surface area contributed by atoms with E-state index in [4.69, 9.17) is 9.47 Å². The molecule has 4 N–H and O–H groups in total. The third-order valence-electron chi connectivity index (χ3n) is 4.69. The normalized spacial score (nSPS) is 20.0. The Kier molecular flexibility index (Phi) is 7.97. The van der Waals surface area contributed by atoms with Crippen LogP contribution in [0.4, 0.5) is 10.5 Å². The molecule has 31 heavy (non-hydrogen) atoms. The van der Waals surface area contributed by atoms with Gasteiger partial charge in [-0.15, -0.1) is 0 Å². The minimum absolute atomic E-state index is 0.102. The number of hydrogen-bond acceptors (Lipinski definition) is 6. The van der Waals surface area contributed by atoms with Gasteiger partial charge >= 0.3 is 6.03 Å². The number of carbonyl (C=O) groups excluding carboxylic acids is 2. The van der Waals surface area contributed by atoms with Gasteiger partial charge in [0.25, 0.3) is 0 Å². The van der Waals surface area contributed by atoms with Crippen LogP contribution in [0.5, 0.6) is 5.75 Å². The Morgan fingerprint density at radius 2 is 1.97 bits per heavy atom. The number of methoxy groups -OCH3 is 1. The molecule has 1 aliphatic rings. The topological polar surface area (TPSA) is 122 Å². The Morgan fingerprint density at radius 3 is 2.65 bits per heavy atom. The Balaban J connectivity index is 1.48. The Labute approximate surface area is 180 Å². The summed E-state index contributed by atoms with van der Waals surface area (Å²) in [5.41, 5.74) is 1.36. The molecule has 0 saturated heterocycles. The number of nitrogens with one attached hydrogen (secondary N) is 3. The molecular formula is C22H26N4O5. The number of carbonyl (C=O) groups is 2. The van der Waals surface area contributed by atoms with Crippen molar-refractivity contribution in [3.05, 3.63) is 66.5 Å². The SMILES string of the molecule is COc1ccc(NC(=O)N[C@H]2C=C[C@@H](CC(=O)NCc3ccccn3)O[C@@H]2CO)cc1. The Hall–Kier alpha value is -3.43. The molecule has 0 unspecified atom stereocenters. The Bertz CT molecular complexity index is 889. The average molecular weight is 426 g/mol. The smallest absolute Gasteiger partial charge is 0.319 e. The zero-order chi connectivity index (χ0) is 22.1. The minimum Gasteiger partial charge on any atom is -0.497 e. The van der Waals surface area contributed by atoms with Crippen LogP contribution in [-0.2, 0) is 16.1 Å². The highest BCUT2D eigenvalue weighted by molar-refractivity contribution is 5.89. The molecule has 9 heteroatoms. The summed E-state index contributed by atoms with van der Waals surface area (Å²) in [6, 6.07) is 11.4. The van der Waals surface area contributed by atoms with Gasteiger partial charge in [-0.3, -0.25) is 9.78 Å². The van der Waals surface area contributed by atoms with Crippen LogP contribution in [0.15, 0.2) is 60.8 Å². The third-order valence-corrected chi connectivity index (χ3v) is 4.69. The summed E-state index contributed by atoms with van der Waals surface area (Å²) in [4.78, 5) is 28.6. The largest absolute Gasteiger partial charge is 0.497 e. The highest BCUT2D eigenvalue weighted by Gasteiger charge is 2.29. The standard InChI is InChI=1S/C22H26N4O5/c1-30-17-7-5-15(6-8-17)25-22(29)26-19-10-9-18(31-20(19)14-27)12-21(28)24-13-16-4-2-3-11-23-16/h2-11,18-20,27H,12-14H2,1H3,(H,24,28)(H2,25,26,29)/t18-,19-,20+/m0/s1. The predicted octanol–water partition coefficient (Wildman–Crippen LogP) is 1.60. The molecule has 9 nitrogen and oxygen atoms in total. The van der Waals surface area contributed by atoms with Crippen molar-refractivity contribution in [1.29, 1.82) is 0 Å². The molecular weight excluding hydrogens is 400 g/mol. The maximum atomic E-state index is 12.3. The van der Waals surface area contributed by atoms with E-state index in [1.165, 1.54) is 0 Å². The quantitative estimate of drug-likeness (QED) is 0.476. The number of aliphatic hydroxyl groups is 1. The van der Waals surface area contributed by atoms with E-state index in [9.17, 15) is 14.7 Å². The fourth-order valence-corrected chi connectivity index (χ4v) is 3.08. The summed E-state index contributed by atoms with van der Waals surface area (Å²) >= 11 is 0. The minimum atomic E-state index is -0.666. The van der Waals surface area contributed by atoms with E-state index < -0.39 is 24.3 Å². The fourth-order valence-electron chi connectivity index (χ4n) is 3.08. The van der Waals surface area contributed by atoms with Gasteiger partial charge in [-0.1, -0.05) is 18.2 Å². The van der Waals surface area contributed by atoms with Gasteiger partial charge < -0.3 is 30.5 Å². The molecule has 164 valence electrons. The number of pyridine rings is 1. The molecule has 0 radical (unpaired) electrons. The summed E-state index contributed by atoms with van der Waals surface area (Å²) in [7, 11) is 1.57. The van der Waals surface area contributed by atoms with Crippen LogP contribution in [0, 0.1) is 0 Å². The number of ether oxygens (including phenoxy) is 2. The number of hydrogen-bond donors (Lipinski definition) is 4. The highest BCUT2D eigenvalue weighted by Crippen LogP contribution is 2.17. The molecule has 0 spiro atoms. The van der Waals surface area contributed by atoms with Crippen molar-refractivity contribution in [2.75, 3.05) is 19.0 Å². The van der Waals surface area contributed by atoms with E-state index >= 15 is 0 Å². The number of aromatic nitrogens is 1. The van der Waals surface area contributed by atoms with Crippen molar-refractivity contribution in [1.82, 2.24) is 15.6 Å². The van der Waals surface area contributed by atoms with Crippen LogP contribution < -0.4 is 20.7 Å².